The third-order valence-corrected chi connectivity index (χ3v) is 4.92. The smallest absolute Gasteiger partial charge is 0.173 e. The van der Waals surface area contributed by atoms with Gasteiger partial charge < -0.3 is 4.74 Å². The van der Waals surface area contributed by atoms with E-state index in [-0.39, 0.29) is 23.3 Å². The molecular weight excluding hydrogens is 345 g/mol. The van der Waals surface area contributed by atoms with Gasteiger partial charge in [0.25, 0.3) is 0 Å². The fraction of sp³-hybridized carbons (Fsp3) is 0.389. The predicted molar refractivity (Wildman–Crippen MR) is 92.5 cm³/mol. The summed E-state index contributed by atoms with van der Waals surface area (Å²) < 4.78 is 20.6. The van der Waals surface area contributed by atoms with Crippen molar-refractivity contribution < 1.29 is 13.9 Å². The van der Waals surface area contributed by atoms with E-state index in [0.717, 1.165) is 24.1 Å². The molecule has 2 aromatic rings. The number of ether oxygens (including phenoxy) is 1. The molecule has 4 rings (SSSR count). The number of benzene rings is 1. The Balaban J connectivity index is 1.64. The monoisotopic (exact) mass is 361 g/mol. The van der Waals surface area contributed by atoms with Crippen molar-refractivity contribution in [3.05, 3.63) is 46.4 Å². The van der Waals surface area contributed by atoms with Gasteiger partial charge in [-0.25, -0.2) is 14.1 Å². The number of hydrogen-bond donors (Lipinski definition) is 0. The van der Waals surface area contributed by atoms with E-state index in [2.05, 4.69) is 5.10 Å². The Kier molecular flexibility index (Phi) is 4.39. The summed E-state index contributed by atoms with van der Waals surface area (Å²) in [7, 11) is 0. The zero-order valence-electron chi connectivity index (χ0n) is 13.5. The topological polar surface area (TPSA) is 56.5 Å². The number of Topliss-reactive ketones (excluding diaryl/α,β-unsaturated/α-hetero) is 1. The first-order valence-corrected chi connectivity index (χ1v) is 8.68. The zero-order valence-corrected chi connectivity index (χ0v) is 14.3. The highest BCUT2D eigenvalue weighted by Crippen LogP contribution is 2.32. The Morgan fingerprint density at radius 3 is 2.88 bits per heavy atom. The average Bonchev–Trinajstić information content (AvgIpc) is 3.03. The largest absolute Gasteiger partial charge is 0.381 e. The Hall–Kier alpha value is -2.05. The number of rotatable bonds is 3. The van der Waals surface area contributed by atoms with Gasteiger partial charge in [-0.15, -0.1) is 0 Å². The first-order chi connectivity index (χ1) is 12.1. The van der Waals surface area contributed by atoms with Crippen LogP contribution in [0.2, 0.25) is 5.02 Å². The maximum Gasteiger partial charge on any atom is 0.173 e. The van der Waals surface area contributed by atoms with Crippen LogP contribution in [-0.2, 0) is 11.2 Å². The molecule has 7 heteroatoms. The number of carbonyl (C=O) groups excluding carboxylic acids is 1. The van der Waals surface area contributed by atoms with Crippen molar-refractivity contribution in [3.63, 3.8) is 0 Å². The normalized spacial score (nSPS) is 18.2. The maximum absolute atomic E-state index is 13.3. The SMILES string of the molecule is O=C1CC(Cc2ccc(F)c(Cl)c2)=Nc2c1cnn2C1CCOCC1. The van der Waals surface area contributed by atoms with Crippen molar-refractivity contribution in [2.24, 2.45) is 4.99 Å². The first kappa shape index (κ1) is 16.4. The molecule has 0 saturated carbocycles. The van der Waals surface area contributed by atoms with Crippen LogP contribution in [0.3, 0.4) is 0 Å². The van der Waals surface area contributed by atoms with E-state index in [0.29, 0.717) is 31.0 Å². The maximum atomic E-state index is 13.3. The lowest BCUT2D eigenvalue weighted by Gasteiger charge is -2.24. The summed E-state index contributed by atoms with van der Waals surface area (Å²) in [5.41, 5.74) is 2.15. The van der Waals surface area contributed by atoms with Gasteiger partial charge in [0.2, 0.25) is 0 Å². The number of aliphatic imine (C=N–C) groups is 1. The summed E-state index contributed by atoms with van der Waals surface area (Å²) in [5.74, 6) is 0.199. The molecule has 3 heterocycles. The summed E-state index contributed by atoms with van der Waals surface area (Å²) in [6.45, 7) is 1.38. The van der Waals surface area contributed by atoms with Crippen molar-refractivity contribution in [2.75, 3.05) is 13.2 Å². The number of halogens is 2. The number of carbonyl (C=O) groups is 1. The molecule has 1 aromatic carbocycles. The first-order valence-electron chi connectivity index (χ1n) is 8.30. The molecule has 0 spiro atoms. The molecule has 25 heavy (non-hydrogen) atoms. The van der Waals surface area contributed by atoms with Crippen LogP contribution in [0.15, 0.2) is 29.4 Å². The fourth-order valence-electron chi connectivity index (χ4n) is 3.32. The summed E-state index contributed by atoms with van der Waals surface area (Å²) in [6.07, 6.45) is 4.05. The van der Waals surface area contributed by atoms with Gasteiger partial charge in [-0.2, -0.15) is 5.10 Å². The second-order valence-corrected chi connectivity index (χ2v) is 6.78. The minimum absolute atomic E-state index is 0.0199. The van der Waals surface area contributed by atoms with Crippen molar-refractivity contribution in [1.82, 2.24) is 9.78 Å². The number of hydrogen-bond acceptors (Lipinski definition) is 4. The summed E-state index contributed by atoms with van der Waals surface area (Å²) >= 11 is 5.84. The molecule has 0 N–H and O–H groups in total. The Bertz CT molecular complexity index is 856. The van der Waals surface area contributed by atoms with Gasteiger partial charge in [0.1, 0.15) is 5.82 Å². The lowest BCUT2D eigenvalue weighted by Crippen LogP contribution is -2.22. The minimum Gasteiger partial charge on any atom is -0.381 e. The van der Waals surface area contributed by atoms with E-state index in [4.69, 9.17) is 21.3 Å². The number of ketones is 1. The highest BCUT2D eigenvalue weighted by molar-refractivity contribution is 6.30. The van der Waals surface area contributed by atoms with E-state index in [1.165, 1.54) is 6.07 Å². The Morgan fingerprint density at radius 1 is 1.32 bits per heavy atom. The fourth-order valence-corrected chi connectivity index (χ4v) is 3.52. The molecule has 0 unspecified atom stereocenters. The summed E-state index contributed by atoms with van der Waals surface area (Å²) in [4.78, 5) is 17.2. The van der Waals surface area contributed by atoms with Gasteiger partial charge in [0.15, 0.2) is 11.6 Å². The van der Waals surface area contributed by atoms with E-state index in [1.807, 2.05) is 4.68 Å². The summed E-state index contributed by atoms with van der Waals surface area (Å²) in [6, 6.07) is 4.78. The lowest BCUT2D eigenvalue weighted by atomic mass is 9.99. The highest BCUT2D eigenvalue weighted by atomic mass is 35.5. The second-order valence-electron chi connectivity index (χ2n) is 6.37. The average molecular weight is 362 g/mol. The van der Waals surface area contributed by atoms with E-state index in [1.54, 1.807) is 18.3 Å². The van der Waals surface area contributed by atoms with Crippen LogP contribution in [0, 0.1) is 5.82 Å². The molecule has 5 nitrogen and oxygen atoms in total. The molecule has 2 aliphatic heterocycles. The van der Waals surface area contributed by atoms with Crippen LogP contribution in [0.5, 0.6) is 0 Å². The van der Waals surface area contributed by atoms with E-state index < -0.39 is 5.82 Å². The molecule has 0 bridgehead atoms. The van der Waals surface area contributed by atoms with Gasteiger partial charge in [0.05, 0.1) is 29.2 Å². The molecule has 0 aliphatic carbocycles. The van der Waals surface area contributed by atoms with Crippen LogP contribution in [0.4, 0.5) is 10.2 Å². The van der Waals surface area contributed by atoms with Gasteiger partial charge >= 0.3 is 0 Å². The van der Waals surface area contributed by atoms with Gasteiger partial charge in [-0.05, 0) is 30.5 Å². The molecule has 0 atom stereocenters. The predicted octanol–water partition coefficient (Wildman–Crippen LogP) is 3.93. The third kappa shape index (κ3) is 3.24. The zero-order chi connectivity index (χ0) is 17.4. The Labute approximate surface area is 149 Å². The van der Waals surface area contributed by atoms with Crippen LogP contribution < -0.4 is 0 Å². The molecule has 1 saturated heterocycles. The van der Waals surface area contributed by atoms with Crippen LogP contribution in [-0.4, -0.2) is 34.5 Å². The molecule has 130 valence electrons. The van der Waals surface area contributed by atoms with E-state index >= 15 is 0 Å². The number of fused-ring (bicyclic) bond motifs is 1. The van der Waals surface area contributed by atoms with Crippen molar-refractivity contribution in [3.8, 4) is 0 Å². The van der Waals surface area contributed by atoms with Crippen LogP contribution in [0.25, 0.3) is 0 Å². The quantitative estimate of drug-likeness (QED) is 0.832. The van der Waals surface area contributed by atoms with Gasteiger partial charge in [-0.1, -0.05) is 17.7 Å². The molecule has 0 amide bonds. The van der Waals surface area contributed by atoms with Crippen LogP contribution in [0.1, 0.15) is 41.2 Å². The molecular formula is C18H17ClFN3O2. The van der Waals surface area contributed by atoms with Crippen molar-refractivity contribution in [2.45, 2.75) is 31.7 Å². The second kappa shape index (κ2) is 6.69. The lowest BCUT2D eigenvalue weighted by molar-refractivity contribution is 0.0667. The minimum atomic E-state index is -0.452. The molecule has 1 fully saturated rings. The molecule has 0 radical (unpaired) electrons. The molecule has 2 aliphatic rings. The Morgan fingerprint density at radius 2 is 2.12 bits per heavy atom. The summed E-state index contributed by atoms with van der Waals surface area (Å²) in [5, 5.41) is 4.48. The number of nitrogens with zero attached hydrogens (tertiary/aromatic N) is 3. The highest BCUT2D eigenvalue weighted by Gasteiger charge is 2.28. The van der Waals surface area contributed by atoms with E-state index in [9.17, 15) is 9.18 Å². The number of aromatic nitrogens is 2. The van der Waals surface area contributed by atoms with Crippen LogP contribution >= 0.6 is 11.6 Å². The van der Waals surface area contributed by atoms with Gasteiger partial charge in [0, 0.05) is 25.3 Å². The standard InChI is InChI=1S/C18H17ClFN3O2/c19-15-8-11(1-2-16(15)20)7-12-9-17(24)14-10-21-23(18(14)22-12)13-3-5-25-6-4-13/h1-2,8,10,13H,3-7,9H2. The molecule has 1 aromatic heterocycles. The van der Waals surface area contributed by atoms with Crippen molar-refractivity contribution >= 4 is 28.9 Å². The van der Waals surface area contributed by atoms with Gasteiger partial charge in [-0.3, -0.25) is 4.79 Å². The van der Waals surface area contributed by atoms with Crippen molar-refractivity contribution in [1.29, 1.82) is 0 Å². The third-order valence-electron chi connectivity index (χ3n) is 4.63.